The van der Waals surface area contributed by atoms with Crippen LogP contribution < -0.4 is 10.2 Å². The number of nitrogens with zero attached hydrogens (tertiary/aromatic N) is 2. The van der Waals surface area contributed by atoms with E-state index in [1.165, 1.54) is 0 Å². The number of hydrogen-bond acceptors (Lipinski definition) is 4. The molecule has 1 aliphatic rings. The van der Waals surface area contributed by atoms with Gasteiger partial charge in [-0.15, -0.1) is 0 Å². The number of anilines is 1. The summed E-state index contributed by atoms with van der Waals surface area (Å²) in [7, 11) is 1.83. The Balaban J connectivity index is 1.77. The van der Waals surface area contributed by atoms with E-state index >= 15 is 0 Å². The second kappa shape index (κ2) is 10.1. The van der Waals surface area contributed by atoms with Crippen LogP contribution in [-0.2, 0) is 14.3 Å². The van der Waals surface area contributed by atoms with Gasteiger partial charge in [0, 0.05) is 31.9 Å². The lowest BCUT2D eigenvalue weighted by Gasteiger charge is -2.34. The molecule has 0 radical (unpaired) electrons. The number of hydrogen-bond donors (Lipinski definition) is 2. The maximum Gasteiger partial charge on any atom is 0.409 e. The van der Waals surface area contributed by atoms with Crippen LogP contribution in [0.5, 0.6) is 0 Å². The first-order valence-corrected chi connectivity index (χ1v) is 9.68. The van der Waals surface area contributed by atoms with Crippen LogP contribution in [0.2, 0.25) is 0 Å². The van der Waals surface area contributed by atoms with Crippen LogP contribution in [0.1, 0.15) is 18.1 Å². The first-order valence-electron chi connectivity index (χ1n) is 9.68. The fraction of sp³-hybridized carbons (Fsp3) is 0.550. The van der Waals surface area contributed by atoms with Crippen molar-refractivity contribution >= 4 is 23.6 Å². The summed E-state index contributed by atoms with van der Waals surface area (Å²) in [6.07, 6.45) is -0.333. The molecule has 2 N–H and O–H groups in total. The second-order valence-corrected chi connectivity index (χ2v) is 7.17. The molecule has 1 aliphatic heterocycles. The van der Waals surface area contributed by atoms with Crippen molar-refractivity contribution in [2.24, 2.45) is 0 Å². The van der Waals surface area contributed by atoms with Gasteiger partial charge in [-0.1, -0.05) is 12.1 Å². The van der Waals surface area contributed by atoms with E-state index in [0.717, 1.165) is 21.7 Å². The third kappa shape index (κ3) is 5.95. The highest BCUT2D eigenvalue weighted by molar-refractivity contribution is 5.92. The van der Waals surface area contributed by atoms with Crippen LogP contribution in [0.4, 0.5) is 10.5 Å². The van der Waals surface area contributed by atoms with Crippen LogP contribution in [0, 0.1) is 13.8 Å². The molecule has 0 aromatic heterocycles. The summed E-state index contributed by atoms with van der Waals surface area (Å²) in [4.78, 5) is 40.7. The highest BCUT2D eigenvalue weighted by atomic mass is 16.6. The van der Waals surface area contributed by atoms with Crippen molar-refractivity contribution in [3.05, 3.63) is 29.3 Å². The van der Waals surface area contributed by atoms with Gasteiger partial charge in [0.15, 0.2) is 13.1 Å². The number of carbonyl (C=O) groups excluding carboxylic acids is 3. The predicted molar refractivity (Wildman–Crippen MR) is 106 cm³/mol. The van der Waals surface area contributed by atoms with Gasteiger partial charge in [0.05, 0.1) is 13.7 Å². The molecular weight excluding hydrogens is 360 g/mol. The molecule has 2 rings (SSSR count). The summed E-state index contributed by atoms with van der Waals surface area (Å²) in [5.74, 6) is -0.133. The number of piperazine rings is 1. The van der Waals surface area contributed by atoms with E-state index in [1.54, 1.807) is 16.7 Å². The Morgan fingerprint density at radius 3 is 2.36 bits per heavy atom. The number of nitrogens with one attached hydrogen (secondary N) is 2. The molecule has 0 saturated carbocycles. The normalized spacial score (nSPS) is 15.1. The average Bonchev–Trinajstić information content (AvgIpc) is 2.65. The fourth-order valence-corrected chi connectivity index (χ4v) is 3.14. The third-order valence-electron chi connectivity index (χ3n) is 4.95. The minimum atomic E-state index is -0.333. The first-order chi connectivity index (χ1) is 13.3. The number of carbonyl (C=O) groups is 3. The Kier molecular flexibility index (Phi) is 7.80. The Labute approximate surface area is 166 Å². The van der Waals surface area contributed by atoms with Crippen molar-refractivity contribution in [2.75, 3.05) is 58.2 Å². The Bertz CT molecular complexity index is 714. The average molecular weight is 391 g/mol. The molecule has 1 atom stereocenters. The smallest absolute Gasteiger partial charge is 0.409 e. The van der Waals surface area contributed by atoms with Gasteiger partial charge >= 0.3 is 6.09 Å². The van der Waals surface area contributed by atoms with Crippen LogP contribution in [0.15, 0.2) is 18.2 Å². The maximum atomic E-state index is 12.5. The van der Waals surface area contributed by atoms with Crippen molar-refractivity contribution in [1.82, 2.24) is 9.80 Å². The van der Waals surface area contributed by atoms with Gasteiger partial charge in [-0.2, -0.15) is 0 Å². The van der Waals surface area contributed by atoms with E-state index in [9.17, 15) is 14.4 Å². The van der Waals surface area contributed by atoms with E-state index in [1.807, 2.05) is 39.1 Å². The standard InChI is InChI=1S/C20H30N4O4/c1-5-28-20(27)24-11-9-23(10-12-24)19(26)14-22(4)13-18(25)21-17-8-6-7-15(2)16(17)3/h6-8H,5,9-14H2,1-4H3,(H,21,25)/p+1. The van der Waals surface area contributed by atoms with Crippen molar-refractivity contribution in [2.45, 2.75) is 20.8 Å². The summed E-state index contributed by atoms with van der Waals surface area (Å²) >= 11 is 0. The molecule has 1 saturated heterocycles. The van der Waals surface area contributed by atoms with Gasteiger partial charge in [-0.3, -0.25) is 9.59 Å². The molecule has 1 aromatic carbocycles. The zero-order valence-corrected chi connectivity index (χ0v) is 17.2. The van der Waals surface area contributed by atoms with Crippen LogP contribution in [-0.4, -0.2) is 80.6 Å². The van der Waals surface area contributed by atoms with E-state index in [4.69, 9.17) is 4.74 Å². The number of aryl methyl sites for hydroxylation is 1. The molecule has 3 amide bonds. The Morgan fingerprint density at radius 2 is 1.71 bits per heavy atom. The van der Waals surface area contributed by atoms with E-state index in [2.05, 4.69) is 5.32 Å². The molecule has 0 aliphatic carbocycles. The predicted octanol–water partition coefficient (Wildman–Crippen LogP) is 0.0573. The summed E-state index contributed by atoms with van der Waals surface area (Å²) in [6.45, 7) is 8.45. The van der Waals surface area contributed by atoms with Crippen molar-refractivity contribution in [1.29, 1.82) is 0 Å². The second-order valence-electron chi connectivity index (χ2n) is 7.17. The summed E-state index contributed by atoms with van der Waals surface area (Å²) < 4.78 is 4.98. The number of amides is 3. The van der Waals surface area contributed by atoms with Crippen molar-refractivity contribution in [3.8, 4) is 0 Å². The van der Waals surface area contributed by atoms with Crippen LogP contribution in [0.3, 0.4) is 0 Å². The fourth-order valence-electron chi connectivity index (χ4n) is 3.14. The minimum absolute atomic E-state index is 0.0134. The molecular formula is C20H31N4O4+. The zero-order chi connectivity index (χ0) is 20.7. The molecule has 1 fully saturated rings. The van der Waals surface area contributed by atoms with Gasteiger partial charge in [0.1, 0.15) is 0 Å². The molecule has 0 spiro atoms. The minimum Gasteiger partial charge on any atom is -0.450 e. The largest absolute Gasteiger partial charge is 0.450 e. The van der Waals surface area contributed by atoms with Crippen molar-refractivity contribution in [3.63, 3.8) is 0 Å². The lowest BCUT2D eigenvalue weighted by molar-refractivity contribution is -0.862. The summed E-state index contributed by atoms with van der Waals surface area (Å²) in [6, 6.07) is 5.79. The SMILES string of the molecule is CCOC(=O)N1CCN(C(=O)C[NH+](C)CC(=O)Nc2cccc(C)c2C)CC1. The monoisotopic (exact) mass is 391 g/mol. The first kappa shape index (κ1) is 21.7. The Morgan fingerprint density at radius 1 is 1.07 bits per heavy atom. The topological polar surface area (TPSA) is 83.4 Å². The molecule has 1 heterocycles. The third-order valence-corrected chi connectivity index (χ3v) is 4.95. The van der Waals surface area contributed by atoms with Gasteiger partial charge in [0.25, 0.3) is 11.8 Å². The molecule has 28 heavy (non-hydrogen) atoms. The lowest BCUT2D eigenvalue weighted by Crippen LogP contribution is -3.11. The lowest BCUT2D eigenvalue weighted by atomic mass is 10.1. The van der Waals surface area contributed by atoms with E-state index < -0.39 is 0 Å². The van der Waals surface area contributed by atoms with Gasteiger partial charge in [0.2, 0.25) is 0 Å². The van der Waals surface area contributed by atoms with E-state index in [-0.39, 0.29) is 31.0 Å². The molecule has 8 heteroatoms. The quantitative estimate of drug-likeness (QED) is 0.718. The number of benzene rings is 1. The van der Waals surface area contributed by atoms with Crippen molar-refractivity contribution < 1.29 is 24.0 Å². The zero-order valence-electron chi connectivity index (χ0n) is 17.2. The van der Waals surface area contributed by atoms with E-state index in [0.29, 0.717) is 32.8 Å². The molecule has 1 unspecified atom stereocenters. The number of likely N-dealkylation sites (N-methyl/N-ethyl adjacent to an activating group) is 1. The molecule has 154 valence electrons. The highest BCUT2D eigenvalue weighted by Gasteiger charge is 2.26. The summed E-state index contributed by atoms with van der Waals surface area (Å²) in [5.41, 5.74) is 2.97. The molecule has 0 bridgehead atoms. The van der Waals surface area contributed by atoms with Gasteiger partial charge in [-0.05, 0) is 38.0 Å². The molecule has 1 aromatic rings. The number of rotatable bonds is 6. The van der Waals surface area contributed by atoms with Crippen LogP contribution in [0.25, 0.3) is 0 Å². The number of quaternary nitrogens is 1. The molecule has 8 nitrogen and oxygen atoms in total. The van der Waals surface area contributed by atoms with Crippen LogP contribution >= 0.6 is 0 Å². The Hall–Kier alpha value is -2.61. The van der Waals surface area contributed by atoms with Gasteiger partial charge < -0.3 is 24.8 Å². The highest BCUT2D eigenvalue weighted by Crippen LogP contribution is 2.17. The number of ether oxygens (including phenoxy) is 1. The summed E-state index contributed by atoms with van der Waals surface area (Å²) in [5, 5.41) is 2.92. The maximum absolute atomic E-state index is 12.5. The van der Waals surface area contributed by atoms with Gasteiger partial charge in [-0.25, -0.2) is 4.79 Å².